The van der Waals surface area contributed by atoms with Crippen LogP contribution in [0.4, 0.5) is 15.5 Å². The van der Waals surface area contributed by atoms with Gasteiger partial charge in [0.1, 0.15) is 16.6 Å². The largest absolute Gasteiger partial charge is 0.496 e. The lowest BCUT2D eigenvalue weighted by molar-refractivity contribution is -0.383. The third-order valence-electron chi connectivity index (χ3n) is 6.69. The quantitative estimate of drug-likeness (QED) is 0.317. The molecule has 0 spiro atoms. The Morgan fingerprint density at radius 3 is 2.36 bits per heavy atom. The first-order valence-electron chi connectivity index (χ1n) is 12.3. The van der Waals surface area contributed by atoms with E-state index in [2.05, 4.69) is 37.9 Å². The van der Waals surface area contributed by atoms with Crippen LogP contribution in [0.5, 0.6) is 5.75 Å². The number of hydrogen-bond donors (Lipinski definition) is 1. The smallest absolute Gasteiger partial charge is 0.409 e. The van der Waals surface area contributed by atoms with Crippen molar-refractivity contribution < 1.29 is 27.6 Å². The molecule has 4 rings (SSSR count). The topological polar surface area (TPSA) is 152 Å². The molecule has 16 heteroatoms. The van der Waals surface area contributed by atoms with Crippen LogP contribution in [0, 0.1) is 10.1 Å². The van der Waals surface area contributed by atoms with Crippen molar-refractivity contribution in [1.29, 1.82) is 0 Å². The van der Waals surface area contributed by atoms with E-state index in [9.17, 15) is 23.3 Å². The fourth-order valence-electron chi connectivity index (χ4n) is 4.53. The van der Waals surface area contributed by atoms with Crippen molar-refractivity contribution in [3.05, 3.63) is 44.4 Å². The summed E-state index contributed by atoms with van der Waals surface area (Å²) in [5.41, 5.74) is 0.903. The number of thiophene rings is 1. The Kier molecular flexibility index (Phi) is 9.66. The van der Waals surface area contributed by atoms with E-state index in [-0.39, 0.29) is 21.5 Å². The Labute approximate surface area is 239 Å². The first-order valence-corrected chi connectivity index (χ1v) is 15.5. The molecular formula is C23H31BrN6O7S2. The van der Waals surface area contributed by atoms with Gasteiger partial charge in [-0.15, -0.1) is 0 Å². The first-order chi connectivity index (χ1) is 18.5. The van der Waals surface area contributed by atoms with Crippen molar-refractivity contribution in [2.24, 2.45) is 5.14 Å². The average molecular weight is 648 g/mol. The number of nitrogens with two attached hydrogens (primary N) is 1. The van der Waals surface area contributed by atoms with Gasteiger partial charge in [0, 0.05) is 71.5 Å². The molecule has 0 radical (unpaired) electrons. The molecule has 39 heavy (non-hydrogen) atoms. The minimum Gasteiger partial charge on any atom is -0.496 e. The van der Waals surface area contributed by atoms with Crippen LogP contribution < -0.4 is 14.8 Å². The standard InChI is InChI=1S/C23H31BrN6O7S2/c1-36-20-3-2-17(14-18(20)24)16-27-6-4-26(5-7-27)12-13-37-23(31)29-10-8-28(9-11-29)22-19(30(32)33)15-21(38-22)39(25,34)35/h2-3,14-15H,4-13,16H2,1H3,(H2,25,34,35). The van der Waals surface area contributed by atoms with Crippen molar-refractivity contribution >= 4 is 54.1 Å². The minimum absolute atomic E-state index is 0.218. The molecule has 2 aromatic rings. The maximum absolute atomic E-state index is 12.6. The third kappa shape index (κ3) is 7.58. The number of sulfonamides is 1. The van der Waals surface area contributed by atoms with E-state index >= 15 is 0 Å². The summed E-state index contributed by atoms with van der Waals surface area (Å²) < 4.78 is 34.7. The molecule has 1 aromatic heterocycles. The van der Waals surface area contributed by atoms with Gasteiger partial charge in [0.25, 0.3) is 0 Å². The molecule has 13 nitrogen and oxygen atoms in total. The van der Waals surface area contributed by atoms with Crippen LogP contribution in [0.15, 0.2) is 32.9 Å². The van der Waals surface area contributed by atoms with E-state index in [4.69, 9.17) is 14.6 Å². The molecule has 2 N–H and O–H groups in total. The number of methoxy groups -OCH3 is 1. The van der Waals surface area contributed by atoms with E-state index in [1.807, 2.05) is 6.07 Å². The molecule has 2 aliphatic rings. The van der Waals surface area contributed by atoms with Crippen molar-refractivity contribution in [3.8, 4) is 5.75 Å². The first kappa shape index (κ1) is 29.5. The van der Waals surface area contributed by atoms with Crippen LogP contribution in [0.25, 0.3) is 0 Å². The predicted octanol–water partition coefficient (Wildman–Crippen LogP) is 2.15. The summed E-state index contributed by atoms with van der Waals surface area (Å²) in [5, 5.41) is 16.8. The Morgan fingerprint density at radius 1 is 1.10 bits per heavy atom. The third-order valence-corrected chi connectivity index (χ3v) is 9.92. The molecule has 0 aliphatic carbocycles. The molecule has 0 unspecified atom stereocenters. The van der Waals surface area contributed by atoms with Crippen molar-refractivity contribution in [2.45, 2.75) is 10.8 Å². The summed E-state index contributed by atoms with van der Waals surface area (Å²) in [6, 6.07) is 7.08. The number of nitrogens with zero attached hydrogens (tertiary/aromatic N) is 5. The highest BCUT2D eigenvalue weighted by Crippen LogP contribution is 2.39. The summed E-state index contributed by atoms with van der Waals surface area (Å²) in [6.07, 6.45) is -0.427. The lowest BCUT2D eigenvalue weighted by atomic mass is 10.2. The number of primary sulfonamides is 1. The highest BCUT2D eigenvalue weighted by Gasteiger charge is 2.31. The molecule has 214 valence electrons. The van der Waals surface area contributed by atoms with Crippen LogP contribution in [-0.4, -0.2) is 107 Å². The number of hydrogen-bond acceptors (Lipinski definition) is 11. The zero-order valence-corrected chi connectivity index (χ0v) is 24.7. The van der Waals surface area contributed by atoms with Gasteiger partial charge < -0.3 is 19.3 Å². The van der Waals surface area contributed by atoms with Crippen LogP contribution in [0.2, 0.25) is 0 Å². The second-order valence-corrected chi connectivity index (χ2v) is 12.9. The van der Waals surface area contributed by atoms with Gasteiger partial charge in [-0.3, -0.25) is 19.9 Å². The molecule has 2 aliphatic heterocycles. The normalized spacial score (nSPS) is 17.3. The Balaban J connectivity index is 1.17. The van der Waals surface area contributed by atoms with Gasteiger partial charge in [0.2, 0.25) is 10.0 Å². The summed E-state index contributed by atoms with van der Waals surface area (Å²) in [6.45, 7) is 6.61. The second kappa shape index (κ2) is 12.8. The Bertz CT molecular complexity index is 1290. The molecule has 3 heterocycles. The summed E-state index contributed by atoms with van der Waals surface area (Å²) in [4.78, 5) is 31.3. The Hall–Kier alpha value is -2.50. The number of carbonyl (C=O) groups is 1. The maximum atomic E-state index is 12.6. The SMILES string of the molecule is COc1ccc(CN2CCN(CCOC(=O)N3CCN(c4sc(S(N)(=O)=O)cc4[N+](=O)[O-])CC3)CC2)cc1Br. The van der Waals surface area contributed by atoms with Crippen LogP contribution in [-0.2, 0) is 21.3 Å². The zero-order chi connectivity index (χ0) is 28.2. The zero-order valence-electron chi connectivity index (χ0n) is 21.5. The fourth-order valence-corrected chi connectivity index (χ4v) is 7.01. The lowest BCUT2D eigenvalue weighted by Gasteiger charge is -2.35. The maximum Gasteiger partial charge on any atom is 0.409 e. The molecular weight excluding hydrogens is 616 g/mol. The lowest BCUT2D eigenvalue weighted by Crippen LogP contribution is -2.49. The van der Waals surface area contributed by atoms with Crippen molar-refractivity contribution in [2.75, 3.05) is 77.5 Å². The van der Waals surface area contributed by atoms with Gasteiger partial charge in [0.15, 0.2) is 5.00 Å². The van der Waals surface area contributed by atoms with E-state index in [1.54, 1.807) is 16.9 Å². The second-order valence-electron chi connectivity index (χ2n) is 9.23. The minimum atomic E-state index is -4.05. The number of anilines is 1. The number of carbonyl (C=O) groups excluding carboxylic acids is 1. The van der Waals surface area contributed by atoms with E-state index < -0.39 is 21.0 Å². The Morgan fingerprint density at radius 2 is 1.77 bits per heavy atom. The number of benzene rings is 1. The van der Waals surface area contributed by atoms with Crippen LogP contribution >= 0.6 is 27.3 Å². The van der Waals surface area contributed by atoms with Gasteiger partial charge >= 0.3 is 11.8 Å². The fraction of sp³-hybridized carbons (Fsp3) is 0.522. The molecule has 0 bridgehead atoms. The molecule has 0 atom stereocenters. The number of amides is 1. The van der Waals surface area contributed by atoms with Crippen molar-refractivity contribution in [3.63, 3.8) is 0 Å². The number of halogens is 1. The number of nitro groups is 1. The monoisotopic (exact) mass is 646 g/mol. The highest BCUT2D eigenvalue weighted by atomic mass is 79.9. The summed E-state index contributed by atoms with van der Waals surface area (Å²) in [7, 11) is -2.40. The van der Waals surface area contributed by atoms with E-state index in [0.717, 1.165) is 60.3 Å². The number of ether oxygens (including phenoxy) is 2. The van der Waals surface area contributed by atoms with E-state index in [1.165, 1.54) is 5.56 Å². The van der Waals surface area contributed by atoms with Crippen LogP contribution in [0.3, 0.4) is 0 Å². The van der Waals surface area contributed by atoms with Gasteiger partial charge in [-0.1, -0.05) is 17.4 Å². The van der Waals surface area contributed by atoms with Gasteiger partial charge in [0.05, 0.1) is 16.5 Å². The van der Waals surface area contributed by atoms with Crippen molar-refractivity contribution in [1.82, 2.24) is 14.7 Å². The molecule has 1 amide bonds. The summed E-state index contributed by atoms with van der Waals surface area (Å²) >= 11 is 4.30. The number of piperazine rings is 2. The summed E-state index contributed by atoms with van der Waals surface area (Å²) in [5.74, 6) is 0.810. The van der Waals surface area contributed by atoms with E-state index in [0.29, 0.717) is 32.7 Å². The molecule has 2 fully saturated rings. The van der Waals surface area contributed by atoms with Gasteiger partial charge in [-0.25, -0.2) is 18.4 Å². The molecule has 1 aromatic carbocycles. The van der Waals surface area contributed by atoms with Gasteiger partial charge in [-0.05, 0) is 33.6 Å². The molecule has 2 saturated heterocycles. The highest BCUT2D eigenvalue weighted by molar-refractivity contribution is 9.10. The van der Waals surface area contributed by atoms with Crippen LogP contribution in [0.1, 0.15) is 5.56 Å². The predicted molar refractivity (Wildman–Crippen MR) is 150 cm³/mol. The molecule has 0 saturated carbocycles. The van der Waals surface area contributed by atoms with Gasteiger partial charge in [-0.2, -0.15) is 0 Å². The average Bonchev–Trinajstić information content (AvgIpc) is 3.37. The number of rotatable bonds is 9.